The summed E-state index contributed by atoms with van der Waals surface area (Å²) in [5.74, 6) is -2.36. The van der Waals surface area contributed by atoms with E-state index in [9.17, 15) is 19.2 Å². The van der Waals surface area contributed by atoms with Crippen LogP contribution >= 0.6 is 0 Å². The summed E-state index contributed by atoms with van der Waals surface area (Å²) in [5, 5.41) is 2.58. The SMILES string of the molecule is COC(=O)c1ccc(NC(=O)COC(=O)[C@H]2CC(=O)N(c3cc(C)cc(C)c3)C2)cc1. The minimum atomic E-state index is -0.625. The topological polar surface area (TPSA) is 102 Å². The van der Waals surface area contributed by atoms with E-state index in [2.05, 4.69) is 10.1 Å². The van der Waals surface area contributed by atoms with Crippen LogP contribution in [0.15, 0.2) is 42.5 Å². The number of hydrogen-bond donors (Lipinski definition) is 1. The minimum Gasteiger partial charge on any atom is -0.465 e. The Morgan fingerprint density at radius 3 is 2.32 bits per heavy atom. The van der Waals surface area contributed by atoms with E-state index in [1.165, 1.54) is 19.2 Å². The molecule has 8 heteroatoms. The van der Waals surface area contributed by atoms with Crippen LogP contribution in [-0.4, -0.2) is 44.0 Å². The van der Waals surface area contributed by atoms with E-state index in [0.717, 1.165) is 16.8 Å². The molecular formula is C23H24N2O6. The number of hydrogen-bond acceptors (Lipinski definition) is 6. The van der Waals surface area contributed by atoms with E-state index in [-0.39, 0.29) is 18.9 Å². The minimum absolute atomic E-state index is 0.0441. The average molecular weight is 424 g/mol. The Balaban J connectivity index is 1.52. The molecule has 0 saturated carbocycles. The standard InChI is InChI=1S/C23H24N2O6/c1-14-8-15(2)10-19(9-14)25-12-17(11-21(25)27)23(29)31-13-20(26)24-18-6-4-16(5-7-18)22(28)30-3/h4-10,17H,11-13H2,1-3H3,(H,24,26)/t17-/m0/s1. The molecule has 3 rings (SSSR count). The third-order valence-corrected chi connectivity index (χ3v) is 4.91. The molecule has 1 N–H and O–H groups in total. The summed E-state index contributed by atoms with van der Waals surface area (Å²) >= 11 is 0. The molecule has 2 aromatic carbocycles. The number of carbonyl (C=O) groups is 4. The van der Waals surface area contributed by atoms with Crippen LogP contribution in [0.4, 0.5) is 11.4 Å². The Morgan fingerprint density at radius 2 is 1.71 bits per heavy atom. The maximum absolute atomic E-state index is 12.4. The van der Waals surface area contributed by atoms with Crippen LogP contribution in [0.1, 0.15) is 27.9 Å². The van der Waals surface area contributed by atoms with Crippen LogP contribution in [-0.2, 0) is 23.9 Å². The monoisotopic (exact) mass is 424 g/mol. The van der Waals surface area contributed by atoms with Gasteiger partial charge < -0.3 is 19.7 Å². The summed E-state index contributed by atoms with van der Waals surface area (Å²) < 4.78 is 9.73. The molecule has 1 heterocycles. The van der Waals surface area contributed by atoms with Crippen molar-refractivity contribution in [3.05, 3.63) is 59.2 Å². The van der Waals surface area contributed by atoms with Gasteiger partial charge in [0.05, 0.1) is 18.6 Å². The van der Waals surface area contributed by atoms with Crippen molar-refractivity contribution in [3.63, 3.8) is 0 Å². The first kappa shape index (κ1) is 22.0. The summed E-state index contributed by atoms with van der Waals surface area (Å²) in [6, 6.07) is 11.9. The molecule has 0 aliphatic carbocycles. The van der Waals surface area contributed by atoms with Crippen LogP contribution in [0.2, 0.25) is 0 Å². The van der Waals surface area contributed by atoms with Crippen molar-refractivity contribution in [2.24, 2.45) is 5.92 Å². The number of nitrogens with zero attached hydrogens (tertiary/aromatic N) is 1. The number of anilines is 2. The first-order valence-electron chi connectivity index (χ1n) is 9.80. The number of aryl methyl sites for hydroxylation is 2. The molecule has 2 aromatic rings. The van der Waals surface area contributed by atoms with Gasteiger partial charge in [-0.15, -0.1) is 0 Å². The third kappa shape index (κ3) is 5.48. The lowest BCUT2D eigenvalue weighted by Gasteiger charge is -2.18. The van der Waals surface area contributed by atoms with Crippen molar-refractivity contribution in [1.82, 2.24) is 0 Å². The molecule has 1 fully saturated rings. The summed E-state index contributed by atoms with van der Waals surface area (Å²) in [5.41, 5.74) is 3.62. The molecule has 8 nitrogen and oxygen atoms in total. The van der Waals surface area contributed by atoms with Crippen LogP contribution in [0, 0.1) is 19.8 Å². The molecule has 1 aliphatic heterocycles. The maximum Gasteiger partial charge on any atom is 0.337 e. The zero-order valence-corrected chi connectivity index (χ0v) is 17.6. The number of ether oxygens (including phenoxy) is 2. The fourth-order valence-electron chi connectivity index (χ4n) is 3.48. The van der Waals surface area contributed by atoms with Gasteiger partial charge in [0.2, 0.25) is 5.91 Å². The highest BCUT2D eigenvalue weighted by Gasteiger charge is 2.36. The molecule has 0 bridgehead atoms. The first-order chi connectivity index (χ1) is 14.8. The van der Waals surface area contributed by atoms with Crippen LogP contribution in [0.25, 0.3) is 0 Å². The van der Waals surface area contributed by atoms with E-state index < -0.39 is 30.4 Å². The Morgan fingerprint density at radius 1 is 1.06 bits per heavy atom. The molecule has 0 unspecified atom stereocenters. The lowest BCUT2D eigenvalue weighted by atomic mass is 10.1. The average Bonchev–Trinajstić information content (AvgIpc) is 3.13. The Hall–Kier alpha value is -3.68. The second-order valence-corrected chi connectivity index (χ2v) is 7.48. The van der Waals surface area contributed by atoms with Crippen LogP contribution < -0.4 is 10.2 Å². The molecular weight excluding hydrogens is 400 g/mol. The van der Waals surface area contributed by atoms with Gasteiger partial charge >= 0.3 is 11.9 Å². The summed E-state index contributed by atoms with van der Waals surface area (Å²) in [4.78, 5) is 49.9. The highest BCUT2D eigenvalue weighted by molar-refractivity contribution is 6.00. The van der Waals surface area contributed by atoms with Gasteiger partial charge in [0.25, 0.3) is 5.91 Å². The molecule has 2 amide bonds. The fourth-order valence-corrected chi connectivity index (χ4v) is 3.48. The van der Waals surface area contributed by atoms with Gasteiger partial charge in [-0.3, -0.25) is 14.4 Å². The molecule has 1 saturated heterocycles. The van der Waals surface area contributed by atoms with Crippen molar-refractivity contribution in [3.8, 4) is 0 Å². The zero-order chi connectivity index (χ0) is 22.5. The van der Waals surface area contributed by atoms with Crippen LogP contribution in [0.3, 0.4) is 0 Å². The Bertz CT molecular complexity index is 995. The predicted molar refractivity (Wildman–Crippen MR) is 114 cm³/mol. The Labute approximate surface area is 180 Å². The van der Waals surface area contributed by atoms with Gasteiger partial charge in [0.1, 0.15) is 0 Å². The van der Waals surface area contributed by atoms with Crippen LogP contribution in [0.5, 0.6) is 0 Å². The number of methoxy groups -OCH3 is 1. The Kier molecular flexibility index (Phi) is 6.69. The zero-order valence-electron chi connectivity index (χ0n) is 17.6. The van der Waals surface area contributed by atoms with Crippen molar-refractivity contribution in [2.45, 2.75) is 20.3 Å². The van der Waals surface area contributed by atoms with E-state index in [1.54, 1.807) is 17.0 Å². The van der Waals surface area contributed by atoms with Crippen molar-refractivity contribution < 1.29 is 28.7 Å². The molecule has 162 valence electrons. The predicted octanol–water partition coefficient (Wildman–Crippen LogP) is 2.62. The second kappa shape index (κ2) is 9.42. The van der Waals surface area contributed by atoms with Gasteiger partial charge in [0.15, 0.2) is 6.61 Å². The lowest BCUT2D eigenvalue weighted by molar-refractivity contribution is -0.151. The molecule has 0 spiro atoms. The molecule has 1 aliphatic rings. The smallest absolute Gasteiger partial charge is 0.337 e. The second-order valence-electron chi connectivity index (χ2n) is 7.48. The lowest BCUT2D eigenvalue weighted by Crippen LogP contribution is -2.28. The summed E-state index contributed by atoms with van der Waals surface area (Å²) in [7, 11) is 1.28. The van der Waals surface area contributed by atoms with E-state index >= 15 is 0 Å². The van der Waals surface area contributed by atoms with E-state index in [4.69, 9.17) is 4.74 Å². The number of rotatable bonds is 6. The number of amides is 2. The van der Waals surface area contributed by atoms with Crippen molar-refractivity contribution in [1.29, 1.82) is 0 Å². The number of carbonyl (C=O) groups excluding carboxylic acids is 4. The maximum atomic E-state index is 12.4. The van der Waals surface area contributed by atoms with Gasteiger partial charge in [-0.05, 0) is 61.4 Å². The first-order valence-corrected chi connectivity index (χ1v) is 9.80. The van der Waals surface area contributed by atoms with Crippen molar-refractivity contribution >= 4 is 35.1 Å². The molecule has 1 atom stereocenters. The highest BCUT2D eigenvalue weighted by Crippen LogP contribution is 2.27. The molecule has 0 radical (unpaired) electrons. The van der Waals surface area contributed by atoms with E-state index in [1.807, 2.05) is 32.0 Å². The van der Waals surface area contributed by atoms with Gasteiger partial charge in [0, 0.05) is 24.3 Å². The number of benzene rings is 2. The normalized spacial score (nSPS) is 15.5. The summed E-state index contributed by atoms with van der Waals surface area (Å²) in [6.45, 7) is 3.65. The summed E-state index contributed by atoms with van der Waals surface area (Å²) in [6.07, 6.45) is 0.0441. The van der Waals surface area contributed by atoms with Gasteiger partial charge in [-0.1, -0.05) is 6.07 Å². The number of esters is 2. The van der Waals surface area contributed by atoms with Crippen molar-refractivity contribution in [2.75, 3.05) is 30.5 Å². The quantitative estimate of drug-likeness (QED) is 0.716. The van der Waals surface area contributed by atoms with Gasteiger partial charge in [-0.25, -0.2) is 4.79 Å². The fraction of sp³-hybridized carbons (Fsp3) is 0.304. The number of nitrogens with one attached hydrogen (secondary N) is 1. The molecule has 0 aromatic heterocycles. The third-order valence-electron chi connectivity index (χ3n) is 4.91. The van der Waals surface area contributed by atoms with E-state index in [0.29, 0.717) is 11.3 Å². The molecule has 31 heavy (non-hydrogen) atoms. The highest BCUT2D eigenvalue weighted by atomic mass is 16.5. The largest absolute Gasteiger partial charge is 0.465 e. The van der Waals surface area contributed by atoms with Gasteiger partial charge in [-0.2, -0.15) is 0 Å².